The summed E-state index contributed by atoms with van der Waals surface area (Å²) in [7, 11) is 0. The number of fused-ring (bicyclic) bond motifs is 14. The third-order valence-electron chi connectivity index (χ3n) is 9.58. The van der Waals surface area contributed by atoms with Crippen molar-refractivity contribution in [3.8, 4) is 5.69 Å². The van der Waals surface area contributed by atoms with Crippen LogP contribution in [0.4, 0.5) is 0 Å². The minimum Gasteiger partial charge on any atom is -0.309 e. The van der Waals surface area contributed by atoms with Gasteiger partial charge in [-0.1, -0.05) is 91.0 Å². The van der Waals surface area contributed by atoms with Crippen molar-refractivity contribution >= 4 is 92.7 Å². The van der Waals surface area contributed by atoms with Crippen molar-refractivity contribution in [2.45, 2.75) is 0 Å². The largest absolute Gasteiger partial charge is 0.309 e. The molecule has 202 valence electrons. The van der Waals surface area contributed by atoms with Crippen molar-refractivity contribution in [3.63, 3.8) is 0 Å². The van der Waals surface area contributed by atoms with Gasteiger partial charge >= 0.3 is 0 Å². The topological polar surface area (TPSA) is 35.1 Å². The summed E-state index contributed by atoms with van der Waals surface area (Å²) in [5, 5.41) is 11.2. The zero-order valence-corrected chi connectivity index (χ0v) is 23.5. The lowest BCUT2D eigenvalue weighted by molar-refractivity contribution is 1.19. The van der Waals surface area contributed by atoms with Gasteiger partial charge in [-0.2, -0.15) is 0 Å². The summed E-state index contributed by atoms with van der Waals surface area (Å²) in [6.45, 7) is 0. The SMILES string of the molecule is c1ccc2c(c1)ccc1c2c2c3ccccc3ccc2n1-c1cc2c3ccccc3n3c4nc5ccccc5nc4c(c1)c23. The van der Waals surface area contributed by atoms with Crippen molar-refractivity contribution in [3.05, 3.63) is 133 Å². The lowest BCUT2D eigenvalue weighted by atomic mass is 10.00. The molecule has 0 bridgehead atoms. The smallest absolute Gasteiger partial charge is 0.165 e. The Morgan fingerprint density at radius 1 is 0.432 bits per heavy atom. The summed E-state index contributed by atoms with van der Waals surface area (Å²) in [6.07, 6.45) is 0. The highest BCUT2D eigenvalue weighted by molar-refractivity contribution is 6.29. The van der Waals surface area contributed by atoms with Crippen LogP contribution in [0.1, 0.15) is 0 Å². The van der Waals surface area contributed by atoms with Crippen molar-refractivity contribution in [2.24, 2.45) is 0 Å². The van der Waals surface area contributed by atoms with E-state index >= 15 is 0 Å². The molecule has 4 heterocycles. The summed E-state index contributed by atoms with van der Waals surface area (Å²) in [5.74, 6) is 0. The quantitative estimate of drug-likeness (QED) is 0.201. The van der Waals surface area contributed by atoms with E-state index in [4.69, 9.17) is 9.97 Å². The second-order valence-corrected chi connectivity index (χ2v) is 11.8. The van der Waals surface area contributed by atoms with Crippen LogP contribution in [0.3, 0.4) is 0 Å². The molecule has 0 unspecified atom stereocenters. The number of hydrogen-bond donors (Lipinski definition) is 0. The second-order valence-electron chi connectivity index (χ2n) is 11.8. The van der Waals surface area contributed by atoms with Crippen LogP contribution in [-0.4, -0.2) is 18.9 Å². The maximum absolute atomic E-state index is 5.21. The molecule has 7 aromatic carbocycles. The van der Waals surface area contributed by atoms with Crippen LogP contribution >= 0.6 is 0 Å². The van der Waals surface area contributed by atoms with Crippen LogP contribution in [-0.2, 0) is 0 Å². The lowest BCUT2D eigenvalue weighted by Crippen LogP contribution is -1.94. The molecule has 0 atom stereocenters. The number of para-hydroxylation sites is 3. The van der Waals surface area contributed by atoms with Gasteiger partial charge in [0.05, 0.1) is 33.1 Å². The van der Waals surface area contributed by atoms with Crippen LogP contribution in [0.25, 0.3) is 98.4 Å². The summed E-state index contributed by atoms with van der Waals surface area (Å²) >= 11 is 0. The summed E-state index contributed by atoms with van der Waals surface area (Å²) in [6, 6.07) is 48.1. The van der Waals surface area contributed by atoms with Gasteiger partial charge < -0.3 is 4.57 Å². The minimum atomic E-state index is 0.904. The third-order valence-corrected chi connectivity index (χ3v) is 9.58. The fourth-order valence-electron chi connectivity index (χ4n) is 7.77. The molecule has 0 saturated carbocycles. The zero-order valence-electron chi connectivity index (χ0n) is 23.5. The minimum absolute atomic E-state index is 0.904. The van der Waals surface area contributed by atoms with Gasteiger partial charge in [0.1, 0.15) is 5.52 Å². The summed E-state index contributed by atoms with van der Waals surface area (Å²) < 4.78 is 4.77. The zero-order chi connectivity index (χ0) is 28.5. The van der Waals surface area contributed by atoms with E-state index in [1.807, 2.05) is 18.2 Å². The predicted octanol–water partition coefficient (Wildman–Crippen LogP) is 10.2. The van der Waals surface area contributed by atoms with Gasteiger partial charge in [0.25, 0.3) is 0 Å². The van der Waals surface area contributed by atoms with Gasteiger partial charge in [0, 0.05) is 32.6 Å². The molecule has 4 nitrogen and oxygen atoms in total. The fraction of sp³-hybridized carbons (Fsp3) is 0. The Hall–Kier alpha value is -6.00. The van der Waals surface area contributed by atoms with Gasteiger partial charge in [-0.3, -0.25) is 4.40 Å². The van der Waals surface area contributed by atoms with E-state index in [1.54, 1.807) is 0 Å². The molecule has 44 heavy (non-hydrogen) atoms. The first-order valence-electron chi connectivity index (χ1n) is 15.0. The van der Waals surface area contributed by atoms with Crippen LogP contribution < -0.4 is 0 Å². The maximum atomic E-state index is 5.21. The summed E-state index contributed by atoms with van der Waals surface area (Å²) in [4.78, 5) is 10.4. The Balaban J connectivity index is 1.38. The highest BCUT2D eigenvalue weighted by Gasteiger charge is 2.23. The number of hydrogen-bond acceptors (Lipinski definition) is 2. The third kappa shape index (κ3) is 2.69. The van der Waals surface area contributed by atoms with Gasteiger partial charge in [0.2, 0.25) is 0 Å². The van der Waals surface area contributed by atoms with Crippen LogP contribution in [0.5, 0.6) is 0 Å². The van der Waals surface area contributed by atoms with E-state index in [0.717, 1.165) is 38.8 Å². The second kappa shape index (κ2) is 7.88. The molecular weight excluding hydrogens is 536 g/mol. The molecule has 0 aliphatic carbocycles. The molecule has 0 fully saturated rings. The molecule has 0 amide bonds. The van der Waals surface area contributed by atoms with Crippen molar-refractivity contribution in [1.29, 1.82) is 0 Å². The van der Waals surface area contributed by atoms with E-state index < -0.39 is 0 Å². The van der Waals surface area contributed by atoms with E-state index in [-0.39, 0.29) is 0 Å². The van der Waals surface area contributed by atoms with E-state index in [2.05, 4.69) is 124 Å². The average molecular weight is 559 g/mol. The molecule has 0 spiro atoms. The van der Waals surface area contributed by atoms with Crippen molar-refractivity contribution in [2.75, 3.05) is 0 Å². The molecule has 0 saturated heterocycles. The number of rotatable bonds is 1. The highest BCUT2D eigenvalue weighted by Crippen LogP contribution is 2.44. The molecule has 0 radical (unpaired) electrons. The maximum Gasteiger partial charge on any atom is 0.165 e. The number of benzene rings is 7. The first-order valence-corrected chi connectivity index (χ1v) is 15.0. The standard InChI is InChI=1S/C40H22N4/c1-3-11-26-23(9-1)17-19-34-36(26)37-27-12-4-2-10-24(27)18-20-35(37)43(34)25-21-29-28-13-5-8-16-33(28)44-39(29)30(22-25)38-40(44)42-32-15-7-6-14-31(32)41-38/h1-22H. The normalized spacial score (nSPS) is 12.5. The van der Waals surface area contributed by atoms with Crippen LogP contribution in [0.15, 0.2) is 133 Å². The molecule has 4 heteroatoms. The van der Waals surface area contributed by atoms with E-state index in [1.165, 1.54) is 59.6 Å². The highest BCUT2D eigenvalue weighted by atomic mass is 15.0. The molecule has 4 aromatic heterocycles. The van der Waals surface area contributed by atoms with Gasteiger partial charge in [-0.15, -0.1) is 0 Å². The monoisotopic (exact) mass is 558 g/mol. The Morgan fingerprint density at radius 3 is 1.70 bits per heavy atom. The molecule has 0 aliphatic heterocycles. The Morgan fingerprint density at radius 2 is 1.00 bits per heavy atom. The van der Waals surface area contributed by atoms with Gasteiger partial charge in [0.15, 0.2) is 5.65 Å². The Bertz CT molecular complexity index is 2900. The van der Waals surface area contributed by atoms with Crippen molar-refractivity contribution < 1.29 is 0 Å². The van der Waals surface area contributed by atoms with Gasteiger partial charge in [-0.05, 0) is 64.0 Å². The molecule has 11 rings (SSSR count). The van der Waals surface area contributed by atoms with Crippen LogP contribution in [0, 0.1) is 0 Å². The molecule has 0 N–H and O–H groups in total. The van der Waals surface area contributed by atoms with Crippen molar-refractivity contribution in [1.82, 2.24) is 18.9 Å². The predicted molar refractivity (Wildman–Crippen MR) is 184 cm³/mol. The first kappa shape index (κ1) is 22.6. The summed E-state index contributed by atoms with van der Waals surface area (Å²) in [5.41, 5.74) is 9.53. The average Bonchev–Trinajstić information content (AvgIpc) is 3.71. The Kier molecular flexibility index (Phi) is 4.04. The Labute approximate surface area is 250 Å². The van der Waals surface area contributed by atoms with Gasteiger partial charge in [-0.25, -0.2) is 9.97 Å². The van der Waals surface area contributed by atoms with E-state index in [9.17, 15) is 0 Å². The fourth-order valence-corrected chi connectivity index (χ4v) is 7.77. The van der Waals surface area contributed by atoms with E-state index in [0.29, 0.717) is 0 Å². The molecular formula is C40H22N4. The molecule has 0 aliphatic rings. The molecule has 11 aromatic rings. The first-order chi connectivity index (χ1) is 21.8. The number of aromatic nitrogens is 4. The number of nitrogens with zero attached hydrogens (tertiary/aromatic N) is 4. The lowest BCUT2D eigenvalue weighted by Gasteiger charge is -2.10. The van der Waals surface area contributed by atoms with Crippen LogP contribution in [0.2, 0.25) is 0 Å².